The van der Waals surface area contributed by atoms with Crippen LogP contribution in [0.5, 0.6) is 5.88 Å². The quantitative estimate of drug-likeness (QED) is 0.568. The fourth-order valence-corrected chi connectivity index (χ4v) is 3.97. The first kappa shape index (κ1) is 24.2. The average Bonchev–Trinajstić information content (AvgIpc) is 3.29. The van der Waals surface area contributed by atoms with Crippen LogP contribution < -0.4 is 11.2 Å². The van der Waals surface area contributed by atoms with Gasteiger partial charge in [-0.15, -0.1) is 0 Å². The van der Waals surface area contributed by atoms with Crippen LogP contribution in [-0.2, 0) is 10.8 Å². The van der Waals surface area contributed by atoms with Gasteiger partial charge in [-0.1, -0.05) is 65.8 Å². The Hall–Kier alpha value is -3.93. The summed E-state index contributed by atoms with van der Waals surface area (Å²) < 4.78 is 2.31. The van der Waals surface area contributed by atoms with E-state index in [1.54, 1.807) is 30.5 Å². The van der Waals surface area contributed by atoms with E-state index >= 15 is 0 Å². The molecule has 180 valence electrons. The first-order valence-corrected chi connectivity index (χ1v) is 11.6. The second kappa shape index (κ2) is 8.69. The van der Waals surface area contributed by atoms with Gasteiger partial charge in [0.15, 0.2) is 0 Å². The molecule has 1 aromatic heterocycles. The standard InChI is InChI=1S/C29H31N3O3/c1-28(2,3)19-10-7-13-22(16-19)31-25(33)24(18-21-12-9-15-30-21)26(34)32(27(31)35)23-14-8-11-20(17-23)29(4,5)6/h7-18,33H,1-6H3/b21-18-. The summed E-state index contributed by atoms with van der Waals surface area (Å²) >= 11 is 0. The number of rotatable bonds is 3. The van der Waals surface area contributed by atoms with Crippen LogP contribution in [-0.4, -0.2) is 20.5 Å². The van der Waals surface area contributed by atoms with Gasteiger partial charge in [-0.3, -0.25) is 9.79 Å². The van der Waals surface area contributed by atoms with E-state index in [0.29, 0.717) is 17.1 Å². The van der Waals surface area contributed by atoms with Crippen LogP contribution in [0.25, 0.3) is 17.5 Å². The topological polar surface area (TPSA) is 76.6 Å². The fourth-order valence-electron chi connectivity index (χ4n) is 3.97. The highest BCUT2D eigenvalue weighted by Gasteiger charge is 2.23. The summed E-state index contributed by atoms with van der Waals surface area (Å²) in [6.45, 7) is 12.4. The Labute approximate surface area is 205 Å². The van der Waals surface area contributed by atoms with Crippen molar-refractivity contribution in [3.05, 3.63) is 104 Å². The number of benzene rings is 2. The van der Waals surface area contributed by atoms with Crippen LogP contribution in [0.3, 0.4) is 0 Å². The lowest BCUT2D eigenvalue weighted by Gasteiger charge is -2.22. The largest absolute Gasteiger partial charge is 0.494 e. The molecule has 0 radical (unpaired) electrons. The zero-order chi connectivity index (χ0) is 25.5. The van der Waals surface area contributed by atoms with E-state index in [2.05, 4.69) is 46.5 Å². The Morgan fingerprint density at radius 3 is 1.86 bits per heavy atom. The van der Waals surface area contributed by atoms with Crippen molar-refractivity contribution in [1.82, 2.24) is 9.13 Å². The van der Waals surface area contributed by atoms with Gasteiger partial charge >= 0.3 is 5.69 Å². The van der Waals surface area contributed by atoms with E-state index in [-0.39, 0.29) is 16.4 Å². The Morgan fingerprint density at radius 2 is 1.37 bits per heavy atom. The molecule has 2 heterocycles. The van der Waals surface area contributed by atoms with Crippen molar-refractivity contribution in [2.45, 2.75) is 52.4 Å². The van der Waals surface area contributed by atoms with Crippen LogP contribution in [0.2, 0.25) is 0 Å². The predicted molar refractivity (Wildman–Crippen MR) is 142 cm³/mol. The van der Waals surface area contributed by atoms with Gasteiger partial charge in [0.2, 0.25) is 5.88 Å². The Bertz CT molecular complexity index is 1490. The van der Waals surface area contributed by atoms with E-state index in [1.807, 2.05) is 36.4 Å². The minimum Gasteiger partial charge on any atom is -0.494 e. The maximum absolute atomic E-state index is 13.8. The van der Waals surface area contributed by atoms with Gasteiger partial charge in [-0.05, 0) is 64.5 Å². The summed E-state index contributed by atoms with van der Waals surface area (Å²) in [6, 6.07) is 14.8. The van der Waals surface area contributed by atoms with Gasteiger partial charge < -0.3 is 5.11 Å². The van der Waals surface area contributed by atoms with Crippen molar-refractivity contribution < 1.29 is 5.11 Å². The van der Waals surface area contributed by atoms with E-state index in [4.69, 9.17) is 0 Å². The molecule has 4 rings (SSSR count). The molecule has 0 spiro atoms. The SMILES string of the molecule is CC(C)(C)c1cccc(-n2c(O)c(/C=C3/C=CC=N3)c(=O)n(-c3cccc(C(C)(C)C)c3)c2=O)c1. The second-order valence-electron chi connectivity index (χ2n) is 10.8. The summed E-state index contributed by atoms with van der Waals surface area (Å²) in [5.74, 6) is -0.419. The number of hydrogen-bond donors (Lipinski definition) is 1. The summed E-state index contributed by atoms with van der Waals surface area (Å²) in [5.41, 5.74) is 1.82. The molecule has 1 N–H and O–H groups in total. The van der Waals surface area contributed by atoms with Crippen LogP contribution >= 0.6 is 0 Å². The highest BCUT2D eigenvalue weighted by molar-refractivity contribution is 5.79. The van der Waals surface area contributed by atoms with Gasteiger partial charge in [0.05, 0.1) is 17.1 Å². The van der Waals surface area contributed by atoms with E-state index < -0.39 is 17.1 Å². The fraction of sp³-hybridized carbons (Fsp3) is 0.276. The average molecular weight is 470 g/mol. The third kappa shape index (κ3) is 4.69. The molecule has 1 aliphatic heterocycles. The molecular formula is C29H31N3O3. The first-order chi connectivity index (χ1) is 16.4. The molecule has 35 heavy (non-hydrogen) atoms. The molecule has 0 unspecified atom stereocenters. The number of aromatic hydroxyl groups is 1. The number of aliphatic imine (C=N–C) groups is 1. The van der Waals surface area contributed by atoms with Gasteiger partial charge in [0, 0.05) is 6.21 Å². The molecule has 2 aromatic carbocycles. The third-order valence-electron chi connectivity index (χ3n) is 6.08. The van der Waals surface area contributed by atoms with Crippen molar-refractivity contribution >= 4 is 12.3 Å². The lowest BCUT2D eigenvalue weighted by atomic mass is 9.87. The first-order valence-electron chi connectivity index (χ1n) is 11.6. The molecule has 6 heteroatoms. The molecule has 6 nitrogen and oxygen atoms in total. The molecule has 0 bridgehead atoms. The van der Waals surface area contributed by atoms with Gasteiger partial charge in [-0.2, -0.15) is 0 Å². The lowest BCUT2D eigenvalue weighted by molar-refractivity contribution is 0.426. The molecular weight excluding hydrogens is 438 g/mol. The maximum atomic E-state index is 13.8. The van der Waals surface area contributed by atoms with Crippen molar-refractivity contribution in [3.8, 4) is 17.3 Å². The van der Waals surface area contributed by atoms with Crippen molar-refractivity contribution in [2.75, 3.05) is 0 Å². The number of nitrogens with zero attached hydrogens (tertiary/aromatic N) is 3. The molecule has 0 amide bonds. The summed E-state index contributed by atoms with van der Waals surface area (Å²) in [6.07, 6.45) is 6.60. The molecule has 0 saturated carbocycles. The molecule has 0 aliphatic carbocycles. The lowest BCUT2D eigenvalue weighted by Crippen LogP contribution is -2.39. The van der Waals surface area contributed by atoms with Crippen LogP contribution in [0.4, 0.5) is 0 Å². The zero-order valence-corrected chi connectivity index (χ0v) is 21.0. The number of hydrogen-bond acceptors (Lipinski definition) is 4. The van der Waals surface area contributed by atoms with Gasteiger partial charge in [0.25, 0.3) is 5.56 Å². The second-order valence-corrected chi connectivity index (χ2v) is 10.8. The molecule has 0 atom stereocenters. The van der Waals surface area contributed by atoms with Gasteiger partial charge in [-0.25, -0.2) is 13.9 Å². The van der Waals surface area contributed by atoms with Crippen LogP contribution in [0, 0.1) is 0 Å². The van der Waals surface area contributed by atoms with E-state index in [9.17, 15) is 14.7 Å². The zero-order valence-electron chi connectivity index (χ0n) is 21.0. The number of aromatic nitrogens is 2. The van der Waals surface area contributed by atoms with E-state index in [1.165, 1.54) is 10.6 Å². The van der Waals surface area contributed by atoms with E-state index in [0.717, 1.165) is 15.7 Å². The Morgan fingerprint density at radius 1 is 0.829 bits per heavy atom. The van der Waals surface area contributed by atoms with Crippen molar-refractivity contribution in [1.29, 1.82) is 0 Å². The normalized spacial score (nSPS) is 14.7. The molecule has 1 aliphatic rings. The molecule has 3 aromatic rings. The molecule has 0 saturated heterocycles. The number of allylic oxidation sites excluding steroid dienone is 2. The summed E-state index contributed by atoms with van der Waals surface area (Å²) in [5, 5.41) is 11.2. The molecule has 0 fully saturated rings. The Kier molecular flexibility index (Phi) is 6.01. The maximum Gasteiger partial charge on any atom is 0.343 e. The van der Waals surface area contributed by atoms with Gasteiger partial charge in [0.1, 0.15) is 5.56 Å². The van der Waals surface area contributed by atoms with Crippen LogP contribution in [0.15, 0.2) is 81.0 Å². The highest BCUT2D eigenvalue weighted by Crippen LogP contribution is 2.28. The smallest absolute Gasteiger partial charge is 0.343 e. The predicted octanol–water partition coefficient (Wildman–Crippen LogP) is 5.27. The summed E-state index contributed by atoms with van der Waals surface area (Å²) in [7, 11) is 0. The third-order valence-corrected chi connectivity index (χ3v) is 6.08. The Balaban J connectivity index is 2.08. The minimum absolute atomic E-state index is 0.00868. The minimum atomic E-state index is -0.641. The van der Waals surface area contributed by atoms with Crippen molar-refractivity contribution in [2.24, 2.45) is 4.99 Å². The summed E-state index contributed by atoms with van der Waals surface area (Å²) in [4.78, 5) is 31.7. The monoisotopic (exact) mass is 469 g/mol. The highest BCUT2D eigenvalue weighted by atomic mass is 16.3. The van der Waals surface area contributed by atoms with Crippen molar-refractivity contribution in [3.63, 3.8) is 0 Å². The van der Waals surface area contributed by atoms with Crippen LogP contribution in [0.1, 0.15) is 58.2 Å².